The molecule has 2 unspecified atom stereocenters. The van der Waals surface area contributed by atoms with Gasteiger partial charge in [0.05, 0.1) is 12.3 Å². The number of aliphatic hydroxyl groups excluding tert-OH is 1. The van der Waals surface area contributed by atoms with E-state index in [1.54, 1.807) is 0 Å². The summed E-state index contributed by atoms with van der Waals surface area (Å²) < 4.78 is 0. The zero-order valence-electron chi connectivity index (χ0n) is 4.13. The summed E-state index contributed by atoms with van der Waals surface area (Å²) in [7, 11) is 0. The zero-order chi connectivity index (χ0) is 5.28. The van der Waals surface area contributed by atoms with E-state index in [1.807, 2.05) is 6.92 Å². The molecule has 0 spiro atoms. The third kappa shape index (κ3) is 0.718. The van der Waals surface area contributed by atoms with Crippen molar-refractivity contribution in [3.05, 3.63) is 0 Å². The van der Waals surface area contributed by atoms with E-state index >= 15 is 0 Å². The highest BCUT2D eigenvalue weighted by molar-refractivity contribution is 5.65. The molecule has 0 aromatic heterocycles. The Morgan fingerprint density at radius 1 is 1.86 bits per heavy atom. The fourth-order valence-corrected chi connectivity index (χ4v) is 0.442. The smallest absolute Gasteiger partial charge is 0.112 e. The average molecular weight is 100 g/mol. The molecule has 1 aliphatic heterocycles. The predicted molar refractivity (Wildman–Crippen MR) is 27.1 cm³/mol. The molecular formula is C4H8N2O. The van der Waals surface area contributed by atoms with E-state index in [2.05, 4.69) is 10.5 Å². The molecule has 0 saturated heterocycles. The summed E-state index contributed by atoms with van der Waals surface area (Å²) in [5.41, 5.74) is 2.69. The van der Waals surface area contributed by atoms with E-state index in [0.29, 0.717) is 0 Å². The topological polar surface area (TPSA) is 44.6 Å². The summed E-state index contributed by atoms with van der Waals surface area (Å²) in [5, 5.41) is 12.4. The Morgan fingerprint density at radius 2 is 2.57 bits per heavy atom. The molecule has 0 aliphatic carbocycles. The molecule has 1 rings (SSSR count). The lowest BCUT2D eigenvalue weighted by molar-refractivity contribution is 0.217. The van der Waals surface area contributed by atoms with Crippen molar-refractivity contribution in [3.8, 4) is 0 Å². The monoisotopic (exact) mass is 100 g/mol. The van der Waals surface area contributed by atoms with Gasteiger partial charge in [-0.15, -0.1) is 0 Å². The maximum absolute atomic E-state index is 8.79. The van der Waals surface area contributed by atoms with Gasteiger partial charge in [0, 0.05) is 0 Å². The minimum absolute atomic E-state index is 0.0972. The molecule has 7 heavy (non-hydrogen) atoms. The van der Waals surface area contributed by atoms with Gasteiger partial charge in [0.25, 0.3) is 0 Å². The Labute approximate surface area is 42.0 Å². The van der Waals surface area contributed by atoms with Crippen molar-refractivity contribution in [2.75, 3.05) is 0 Å². The average Bonchev–Trinajstić information content (AvgIpc) is 1.91. The highest BCUT2D eigenvalue weighted by Crippen LogP contribution is 1.93. The quantitative estimate of drug-likeness (QED) is 0.424. The van der Waals surface area contributed by atoms with Gasteiger partial charge in [-0.25, -0.2) is 0 Å². The minimum Gasteiger partial charge on any atom is -0.385 e. The number of hydrogen-bond acceptors (Lipinski definition) is 3. The van der Waals surface area contributed by atoms with Crippen LogP contribution in [-0.2, 0) is 0 Å². The number of aliphatic hydroxyl groups is 1. The molecule has 0 fully saturated rings. The Kier molecular flexibility index (Phi) is 0.982. The first-order valence-corrected chi connectivity index (χ1v) is 2.27. The lowest BCUT2D eigenvalue weighted by Crippen LogP contribution is -2.27. The van der Waals surface area contributed by atoms with E-state index < -0.39 is 0 Å². The fourth-order valence-electron chi connectivity index (χ4n) is 0.442. The second-order valence-corrected chi connectivity index (χ2v) is 1.69. The Balaban J connectivity index is 2.45. The molecule has 3 heteroatoms. The maximum Gasteiger partial charge on any atom is 0.112 e. The van der Waals surface area contributed by atoms with Gasteiger partial charge in [-0.3, -0.25) is 0 Å². The van der Waals surface area contributed by atoms with Crippen molar-refractivity contribution in [3.63, 3.8) is 0 Å². The molecule has 1 aliphatic rings. The van der Waals surface area contributed by atoms with Crippen LogP contribution >= 0.6 is 0 Å². The van der Waals surface area contributed by atoms with Crippen LogP contribution in [0, 0.1) is 0 Å². The molecule has 0 aromatic rings. The van der Waals surface area contributed by atoms with Crippen LogP contribution < -0.4 is 5.43 Å². The minimum atomic E-state index is -0.389. The largest absolute Gasteiger partial charge is 0.385 e. The molecule has 2 N–H and O–H groups in total. The van der Waals surface area contributed by atoms with Crippen LogP contribution in [0.15, 0.2) is 5.10 Å². The first-order valence-electron chi connectivity index (χ1n) is 2.27. The van der Waals surface area contributed by atoms with Gasteiger partial charge < -0.3 is 10.5 Å². The third-order valence-electron chi connectivity index (χ3n) is 1.02. The van der Waals surface area contributed by atoms with Gasteiger partial charge in [0.2, 0.25) is 0 Å². The number of nitrogens with one attached hydrogen (secondary N) is 1. The second-order valence-electron chi connectivity index (χ2n) is 1.69. The molecule has 0 saturated carbocycles. The second kappa shape index (κ2) is 1.50. The van der Waals surface area contributed by atoms with E-state index in [0.717, 1.165) is 0 Å². The summed E-state index contributed by atoms with van der Waals surface area (Å²) >= 11 is 0. The fraction of sp³-hybridized carbons (Fsp3) is 0.750. The zero-order valence-corrected chi connectivity index (χ0v) is 4.13. The molecule has 0 aromatic carbocycles. The molecule has 1 heterocycles. The van der Waals surface area contributed by atoms with Crippen LogP contribution in [0.25, 0.3) is 0 Å². The summed E-state index contributed by atoms with van der Waals surface area (Å²) in [6, 6.07) is 0.0972. The maximum atomic E-state index is 8.79. The van der Waals surface area contributed by atoms with Crippen LogP contribution in [0.4, 0.5) is 0 Å². The lowest BCUT2D eigenvalue weighted by Gasteiger charge is -2.03. The van der Waals surface area contributed by atoms with Gasteiger partial charge in [0.15, 0.2) is 0 Å². The van der Waals surface area contributed by atoms with E-state index in [9.17, 15) is 0 Å². The van der Waals surface area contributed by atoms with Crippen LogP contribution in [-0.4, -0.2) is 23.5 Å². The van der Waals surface area contributed by atoms with Crippen LogP contribution in [0.1, 0.15) is 6.92 Å². The van der Waals surface area contributed by atoms with Crippen molar-refractivity contribution in [2.45, 2.75) is 19.1 Å². The number of hydrazone groups is 1. The summed E-state index contributed by atoms with van der Waals surface area (Å²) in [4.78, 5) is 0. The summed E-state index contributed by atoms with van der Waals surface area (Å²) in [6.45, 7) is 1.87. The molecule has 0 radical (unpaired) electrons. The molecule has 0 bridgehead atoms. The van der Waals surface area contributed by atoms with Crippen molar-refractivity contribution in [2.24, 2.45) is 5.10 Å². The highest BCUT2D eigenvalue weighted by Gasteiger charge is 2.14. The van der Waals surface area contributed by atoms with E-state index in [-0.39, 0.29) is 12.1 Å². The third-order valence-corrected chi connectivity index (χ3v) is 1.02. The lowest BCUT2D eigenvalue weighted by atomic mass is 10.2. The van der Waals surface area contributed by atoms with Crippen molar-refractivity contribution >= 4 is 6.21 Å². The molecule has 3 nitrogen and oxygen atoms in total. The molecule has 0 amide bonds. The molecule has 40 valence electrons. The van der Waals surface area contributed by atoms with Crippen molar-refractivity contribution in [1.82, 2.24) is 5.43 Å². The van der Waals surface area contributed by atoms with E-state index in [1.165, 1.54) is 6.21 Å². The van der Waals surface area contributed by atoms with Crippen molar-refractivity contribution < 1.29 is 5.11 Å². The Hall–Kier alpha value is -0.570. The van der Waals surface area contributed by atoms with Gasteiger partial charge in [-0.05, 0) is 6.92 Å². The van der Waals surface area contributed by atoms with Crippen molar-refractivity contribution in [1.29, 1.82) is 0 Å². The van der Waals surface area contributed by atoms with Crippen LogP contribution in [0.3, 0.4) is 0 Å². The standard InChI is InChI=1S/C4H8N2O/c1-3-4(7)2-5-6-3/h2-4,6-7H,1H3. The van der Waals surface area contributed by atoms with Crippen LogP contribution in [0.5, 0.6) is 0 Å². The number of hydrogen-bond donors (Lipinski definition) is 2. The molecular weight excluding hydrogens is 92.1 g/mol. The van der Waals surface area contributed by atoms with Crippen LogP contribution in [0.2, 0.25) is 0 Å². The number of rotatable bonds is 0. The Morgan fingerprint density at radius 3 is 2.71 bits per heavy atom. The first-order chi connectivity index (χ1) is 3.30. The van der Waals surface area contributed by atoms with E-state index in [4.69, 9.17) is 5.11 Å². The predicted octanol–water partition coefficient (Wildman–Crippen LogP) is -0.675. The number of nitrogens with zero attached hydrogens (tertiary/aromatic N) is 1. The SMILES string of the molecule is CC1NN=CC1O. The first kappa shape index (κ1) is 4.59. The normalized spacial score (nSPS) is 38.6. The molecule has 2 atom stereocenters. The van der Waals surface area contributed by atoms with Gasteiger partial charge in [-0.1, -0.05) is 0 Å². The van der Waals surface area contributed by atoms with Gasteiger partial charge in [-0.2, -0.15) is 5.10 Å². The van der Waals surface area contributed by atoms with Gasteiger partial charge >= 0.3 is 0 Å². The summed E-state index contributed by atoms with van der Waals surface area (Å²) in [5.74, 6) is 0. The Bertz CT molecular complexity index is 91.7. The summed E-state index contributed by atoms with van der Waals surface area (Å²) in [6.07, 6.45) is 1.10. The van der Waals surface area contributed by atoms with Gasteiger partial charge in [0.1, 0.15) is 6.10 Å². The highest BCUT2D eigenvalue weighted by atomic mass is 16.3.